The maximum Gasteiger partial charge on any atom is 0.269 e. The highest BCUT2D eigenvalue weighted by Crippen LogP contribution is 2.20. The summed E-state index contributed by atoms with van der Waals surface area (Å²) < 4.78 is 5.89. The molecule has 0 unspecified atom stereocenters. The number of hydrogen-bond acceptors (Lipinski definition) is 5. The van der Waals surface area contributed by atoms with E-state index >= 15 is 0 Å². The summed E-state index contributed by atoms with van der Waals surface area (Å²) >= 11 is 0. The smallest absolute Gasteiger partial charge is 0.269 e. The summed E-state index contributed by atoms with van der Waals surface area (Å²) in [6.45, 7) is 0.937. The van der Waals surface area contributed by atoms with Gasteiger partial charge in [-0.25, -0.2) is 5.43 Å². The van der Waals surface area contributed by atoms with Gasteiger partial charge >= 0.3 is 0 Å². The Bertz CT molecular complexity index is 852. The SMILES string of the molecule is O=[N+]([O-])c1ccc(COc2ccccc2CNNc2ccccc2)cc1. The second kappa shape index (κ2) is 8.64. The van der Waals surface area contributed by atoms with Gasteiger partial charge in [-0.15, -0.1) is 0 Å². The molecule has 0 amide bonds. The van der Waals surface area contributed by atoms with Gasteiger partial charge < -0.3 is 10.2 Å². The van der Waals surface area contributed by atoms with E-state index in [4.69, 9.17) is 4.74 Å². The number of non-ortho nitro benzene ring substituents is 1. The highest BCUT2D eigenvalue weighted by molar-refractivity contribution is 5.42. The molecule has 3 aromatic carbocycles. The first-order valence-electron chi connectivity index (χ1n) is 8.20. The molecule has 0 atom stereocenters. The predicted molar refractivity (Wildman–Crippen MR) is 101 cm³/mol. The molecule has 0 aliphatic rings. The van der Waals surface area contributed by atoms with Gasteiger partial charge in [0.15, 0.2) is 0 Å². The second-order valence-electron chi connectivity index (χ2n) is 5.66. The first-order chi connectivity index (χ1) is 12.7. The summed E-state index contributed by atoms with van der Waals surface area (Å²) in [5, 5.41) is 10.7. The maximum absolute atomic E-state index is 10.7. The molecule has 0 aliphatic carbocycles. The number of hydrazine groups is 1. The van der Waals surface area contributed by atoms with E-state index in [-0.39, 0.29) is 5.69 Å². The van der Waals surface area contributed by atoms with Crippen molar-refractivity contribution in [1.29, 1.82) is 0 Å². The van der Waals surface area contributed by atoms with E-state index in [1.807, 2.05) is 54.6 Å². The Morgan fingerprint density at radius 3 is 2.31 bits per heavy atom. The molecule has 2 N–H and O–H groups in total. The van der Waals surface area contributed by atoms with Crippen LogP contribution < -0.4 is 15.6 Å². The van der Waals surface area contributed by atoms with Crippen molar-refractivity contribution in [3.63, 3.8) is 0 Å². The van der Waals surface area contributed by atoms with Gasteiger partial charge in [0.2, 0.25) is 0 Å². The van der Waals surface area contributed by atoms with Gasteiger partial charge in [-0.2, -0.15) is 0 Å². The Labute approximate surface area is 151 Å². The van der Waals surface area contributed by atoms with Crippen molar-refractivity contribution in [3.8, 4) is 5.75 Å². The Morgan fingerprint density at radius 2 is 1.58 bits per heavy atom. The van der Waals surface area contributed by atoms with Crippen LogP contribution in [0.5, 0.6) is 5.75 Å². The summed E-state index contributed by atoms with van der Waals surface area (Å²) in [5.41, 5.74) is 9.26. The van der Waals surface area contributed by atoms with Crippen LogP contribution in [0.1, 0.15) is 11.1 Å². The zero-order valence-corrected chi connectivity index (χ0v) is 14.1. The Hall–Kier alpha value is -3.38. The molecule has 3 aromatic rings. The van der Waals surface area contributed by atoms with E-state index in [2.05, 4.69) is 10.9 Å². The molecule has 0 fully saturated rings. The summed E-state index contributed by atoms with van der Waals surface area (Å²) in [5.74, 6) is 0.771. The van der Waals surface area contributed by atoms with Crippen LogP contribution in [0.2, 0.25) is 0 Å². The Balaban J connectivity index is 1.57. The van der Waals surface area contributed by atoms with Gasteiger partial charge in [-0.05, 0) is 35.9 Å². The van der Waals surface area contributed by atoms with Crippen molar-refractivity contribution in [2.45, 2.75) is 13.2 Å². The third kappa shape index (κ3) is 4.81. The number of nitro benzene ring substituents is 1. The van der Waals surface area contributed by atoms with Gasteiger partial charge in [0.05, 0.1) is 4.92 Å². The minimum atomic E-state index is -0.411. The zero-order valence-electron chi connectivity index (χ0n) is 14.1. The molecule has 3 rings (SSSR count). The second-order valence-corrected chi connectivity index (χ2v) is 5.66. The van der Waals surface area contributed by atoms with E-state index in [1.165, 1.54) is 12.1 Å². The van der Waals surface area contributed by atoms with Crippen LogP contribution in [-0.2, 0) is 13.2 Å². The van der Waals surface area contributed by atoms with Crippen molar-refractivity contribution >= 4 is 11.4 Å². The van der Waals surface area contributed by atoms with Crippen molar-refractivity contribution in [2.24, 2.45) is 0 Å². The lowest BCUT2D eigenvalue weighted by Gasteiger charge is -2.13. The number of anilines is 1. The number of para-hydroxylation sites is 2. The summed E-state index contributed by atoms with van der Waals surface area (Å²) in [6, 6.07) is 24.0. The highest BCUT2D eigenvalue weighted by atomic mass is 16.6. The molecule has 6 nitrogen and oxygen atoms in total. The fraction of sp³-hybridized carbons (Fsp3) is 0.100. The van der Waals surface area contributed by atoms with E-state index < -0.39 is 4.92 Å². The molecule has 0 aliphatic heterocycles. The first kappa shape index (κ1) is 17.4. The molecule has 6 heteroatoms. The summed E-state index contributed by atoms with van der Waals surface area (Å²) in [6.07, 6.45) is 0. The lowest BCUT2D eigenvalue weighted by atomic mass is 10.2. The minimum absolute atomic E-state index is 0.0744. The fourth-order valence-electron chi connectivity index (χ4n) is 2.43. The molecule has 0 bridgehead atoms. The molecular formula is C20H19N3O3. The van der Waals surface area contributed by atoms with E-state index in [0.717, 1.165) is 22.6 Å². The van der Waals surface area contributed by atoms with E-state index in [9.17, 15) is 10.1 Å². The monoisotopic (exact) mass is 349 g/mol. The van der Waals surface area contributed by atoms with Gasteiger partial charge in [0.1, 0.15) is 12.4 Å². The number of ether oxygens (including phenoxy) is 1. The van der Waals surface area contributed by atoms with Crippen LogP contribution in [0, 0.1) is 10.1 Å². The molecule has 0 heterocycles. The molecule has 26 heavy (non-hydrogen) atoms. The average Bonchev–Trinajstić information content (AvgIpc) is 2.68. The summed E-state index contributed by atoms with van der Waals surface area (Å²) in [7, 11) is 0. The van der Waals surface area contributed by atoms with E-state index in [1.54, 1.807) is 12.1 Å². The highest BCUT2D eigenvalue weighted by Gasteiger charge is 2.06. The van der Waals surface area contributed by atoms with Crippen molar-refractivity contribution in [1.82, 2.24) is 5.43 Å². The quantitative estimate of drug-likeness (QED) is 0.469. The van der Waals surface area contributed by atoms with Crippen molar-refractivity contribution in [3.05, 3.63) is 100 Å². The van der Waals surface area contributed by atoms with Crippen LogP contribution in [0.25, 0.3) is 0 Å². The van der Waals surface area contributed by atoms with Crippen LogP contribution in [-0.4, -0.2) is 4.92 Å². The van der Waals surface area contributed by atoms with Crippen molar-refractivity contribution in [2.75, 3.05) is 5.43 Å². The molecule has 132 valence electrons. The number of benzene rings is 3. The van der Waals surface area contributed by atoms with Crippen LogP contribution in [0.4, 0.5) is 11.4 Å². The third-order valence-electron chi connectivity index (χ3n) is 3.80. The van der Waals surface area contributed by atoms with Gasteiger partial charge in [0, 0.05) is 29.9 Å². The Morgan fingerprint density at radius 1 is 0.885 bits per heavy atom. The topological polar surface area (TPSA) is 76.4 Å². The largest absolute Gasteiger partial charge is 0.489 e. The number of nitrogens with zero attached hydrogens (tertiary/aromatic N) is 1. The molecule has 0 saturated heterocycles. The molecule has 0 saturated carbocycles. The lowest BCUT2D eigenvalue weighted by molar-refractivity contribution is -0.384. The van der Waals surface area contributed by atoms with Gasteiger partial charge in [-0.1, -0.05) is 36.4 Å². The first-order valence-corrected chi connectivity index (χ1v) is 8.20. The number of hydrogen-bond donors (Lipinski definition) is 2. The molecule has 0 spiro atoms. The van der Waals surface area contributed by atoms with Gasteiger partial charge in [0.25, 0.3) is 5.69 Å². The summed E-state index contributed by atoms with van der Waals surface area (Å²) in [4.78, 5) is 10.3. The lowest BCUT2D eigenvalue weighted by Crippen LogP contribution is -2.21. The van der Waals surface area contributed by atoms with Crippen LogP contribution in [0.3, 0.4) is 0 Å². The molecular weight excluding hydrogens is 330 g/mol. The zero-order chi connectivity index (χ0) is 18.2. The van der Waals surface area contributed by atoms with Gasteiger partial charge in [-0.3, -0.25) is 10.1 Å². The number of nitro groups is 1. The molecule has 0 aromatic heterocycles. The standard InChI is InChI=1S/C20H19N3O3/c24-23(25)19-12-10-16(11-13-19)15-26-20-9-5-4-6-17(20)14-21-22-18-7-2-1-3-8-18/h1-13,21-22H,14-15H2. The van der Waals surface area contributed by atoms with Crippen molar-refractivity contribution < 1.29 is 9.66 Å². The average molecular weight is 349 g/mol. The number of nitrogens with one attached hydrogen (secondary N) is 2. The predicted octanol–water partition coefficient (Wildman–Crippen LogP) is 4.29. The minimum Gasteiger partial charge on any atom is -0.489 e. The Kier molecular flexibility index (Phi) is 5.80. The molecule has 0 radical (unpaired) electrons. The normalized spacial score (nSPS) is 10.3. The van der Waals surface area contributed by atoms with Crippen LogP contribution in [0.15, 0.2) is 78.9 Å². The maximum atomic E-state index is 10.7. The fourth-order valence-corrected chi connectivity index (χ4v) is 2.43. The van der Waals surface area contributed by atoms with E-state index in [0.29, 0.717) is 13.2 Å². The number of rotatable bonds is 8. The van der Waals surface area contributed by atoms with Crippen LogP contribution >= 0.6 is 0 Å². The third-order valence-corrected chi connectivity index (χ3v) is 3.80.